The first-order valence-corrected chi connectivity index (χ1v) is 9.88. The number of benzene rings is 2. The van der Waals surface area contributed by atoms with E-state index in [1.54, 1.807) is 21.3 Å². The van der Waals surface area contributed by atoms with E-state index in [1.807, 2.05) is 48.2 Å². The quantitative estimate of drug-likeness (QED) is 0.718. The third-order valence-electron chi connectivity index (χ3n) is 5.43. The first-order valence-electron chi connectivity index (χ1n) is 9.88. The molecule has 6 nitrogen and oxygen atoms in total. The number of amides is 1. The number of aryl methyl sites for hydroxylation is 1. The van der Waals surface area contributed by atoms with Crippen LogP contribution in [0.15, 0.2) is 36.4 Å². The Hall–Kier alpha value is -2.73. The van der Waals surface area contributed by atoms with Gasteiger partial charge in [-0.15, -0.1) is 0 Å². The van der Waals surface area contributed by atoms with E-state index in [1.165, 1.54) is 0 Å². The van der Waals surface area contributed by atoms with Crippen LogP contribution in [0.1, 0.15) is 16.7 Å². The second kappa shape index (κ2) is 9.65. The summed E-state index contributed by atoms with van der Waals surface area (Å²) < 4.78 is 16.2. The van der Waals surface area contributed by atoms with E-state index >= 15 is 0 Å². The van der Waals surface area contributed by atoms with Gasteiger partial charge in [0.1, 0.15) is 17.2 Å². The minimum absolute atomic E-state index is 0.162. The van der Waals surface area contributed by atoms with Crippen LogP contribution in [-0.2, 0) is 17.8 Å². The monoisotopic (exact) mass is 398 g/mol. The van der Waals surface area contributed by atoms with Crippen molar-refractivity contribution < 1.29 is 19.0 Å². The highest BCUT2D eigenvalue weighted by molar-refractivity contribution is 5.79. The number of rotatable bonds is 7. The lowest BCUT2D eigenvalue weighted by Crippen LogP contribution is -2.48. The molecule has 3 rings (SSSR count). The fraction of sp³-hybridized carbons (Fsp3) is 0.435. The number of hydrogen-bond acceptors (Lipinski definition) is 5. The fourth-order valence-electron chi connectivity index (χ4n) is 3.66. The summed E-state index contributed by atoms with van der Waals surface area (Å²) in [6.07, 6.45) is 0.403. The maximum absolute atomic E-state index is 12.7. The van der Waals surface area contributed by atoms with E-state index in [0.29, 0.717) is 6.42 Å². The van der Waals surface area contributed by atoms with E-state index in [4.69, 9.17) is 14.2 Å². The molecule has 0 unspecified atom stereocenters. The van der Waals surface area contributed by atoms with Gasteiger partial charge in [0.25, 0.3) is 0 Å². The van der Waals surface area contributed by atoms with Crippen LogP contribution >= 0.6 is 0 Å². The van der Waals surface area contributed by atoms with Gasteiger partial charge >= 0.3 is 0 Å². The predicted molar refractivity (Wildman–Crippen MR) is 113 cm³/mol. The Bertz CT molecular complexity index is 845. The minimum Gasteiger partial charge on any atom is -0.497 e. The summed E-state index contributed by atoms with van der Waals surface area (Å²) in [5.74, 6) is 2.67. The zero-order chi connectivity index (χ0) is 20.8. The predicted octanol–water partition coefficient (Wildman–Crippen LogP) is 2.91. The Labute approximate surface area is 173 Å². The molecule has 6 heteroatoms. The molecule has 2 aromatic carbocycles. The van der Waals surface area contributed by atoms with Gasteiger partial charge in [-0.1, -0.05) is 12.1 Å². The van der Waals surface area contributed by atoms with Crippen LogP contribution in [0.5, 0.6) is 17.2 Å². The van der Waals surface area contributed by atoms with Gasteiger partial charge in [-0.3, -0.25) is 9.69 Å². The molecule has 0 N–H and O–H groups in total. The molecule has 1 amide bonds. The summed E-state index contributed by atoms with van der Waals surface area (Å²) in [6, 6.07) is 11.8. The number of carbonyl (C=O) groups is 1. The van der Waals surface area contributed by atoms with Crippen LogP contribution in [0.25, 0.3) is 0 Å². The van der Waals surface area contributed by atoms with Crippen LogP contribution < -0.4 is 14.2 Å². The number of hydrogen-bond donors (Lipinski definition) is 0. The summed E-state index contributed by atoms with van der Waals surface area (Å²) in [7, 11) is 5.01. The van der Waals surface area contributed by atoms with Gasteiger partial charge in [0.15, 0.2) is 0 Å². The third kappa shape index (κ3) is 5.21. The van der Waals surface area contributed by atoms with E-state index in [0.717, 1.165) is 66.7 Å². The lowest BCUT2D eigenvalue weighted by molar-refractivity contribution is -0.132. The molecule has 0 atom stereocenters. The van der Waals surface area contributed by atoms with E-state index in [2.05, 4.69) is 4.90 Å². The van der Waals surface area contributed by atoms with Gasteiger partial charge < -0.3 is 19.1 Å². The highest BCUT2D eigenvalue weighted by Gasteiger charge is 2.22. The second-order valence-corrected chi connectivity index (χ2v) is 7.32. The Morgan fingerprint density at radius 1 is 0.897 bits per heavy atom. The largest absolute Gasteiger partial charge is 0.497 e. The van der Waals surface area contributed by atoms with Crippen molar-refractivity contribution in [1.29, 1.82) is 0 Å². The van der Waals surface area contributed by atoms with Crippen molar-refractivity contribution in [2.75, 3.05) is 47.5 Å². The average Bonchev–Trinajstić information content (AvgIpc) is 2.75. The molecule has 0 aromatic heterocycles. The fourth-order valence-corrected chi connectivity index (χ4v) is 3.66. The Kier molecular flexibility index (Phi) is 6.99. The van der Waals surface area contributed by atoms with Crippen LogP contribution in [0.2, 0.25) is 0 Å². The van der Waals surface area contributed by atoms with Gasteiger partial charge in [-0.2, -0.15) is 0 Å². The SMILES string of the molecule is COc1ccc(OC)c(CN2CCN(C(=O)Cc3ccc(C)c(OC)c3)CC2)c1. The average molecular weight is 399 g/mol. The highest BCUT2D eigenvalue weighted by atomic mass is 16.5. The third-order valence-corrected chi connectivity index (χ3v) is 5.43. The maximum atomic E-state index is 12.7. The summed E-state index contributed by atoms with van der Waals surface area (Å²) >= 11 is 0. The molecular weight excluding hydrogens is 368 g/mol. The number of carbonyl (C=O) groups excluding carboxylic acids is 1. The molecule has 0 radical (unpaired) electrons. The summed E-state index contributed by atoms with van der Waals surface area (Å²) in [5, 5.41) is 0. The molecule has 1 saturated heterocycles. The highest BCUT2D eigenvalue weighted by Crippen LogP contribution is 2.26. The molecule has 0 saturated carbocycles. The lowest BCUT2D eigenvalue weighted by Gasteiger charge is -2.35. The minimum atomic E-state index is 0.162. The second-order valence-electron chi connectivity index (χ2n) is 7.32. The number of ether oxygens (including phenoxy) is 3. The molecule has 1 aliphatic rings. The normalized spacial score (nSPS) is 14.6. The lowest BCUT2D eigenvalue weighted by atomic mass is 10.1. The van der Waals surface area contributed by atoms with E-state index in [9.17, 15) is 4.79 Å². The zero-order valence-electron chi connectivity index (χ0n) is 17.7. The van der Waals surface area contributed by atoms with Crippen molar-refractivity contribution in [3.05, 3.63) is 53.1 Å². The van der Waals surface area contributed by atoms with Crippen LogP contribution in [0.3, 0.4) is 0 Å². The Morgan fingerprint density at radius 3 is 2.28 bits per heavy atom. The van der Waals surface area contributed by atoms with Crippen molar-refractivity contribution in [3.63, 3.8) is 0 Å². The van der Waals surface area contributed by atoms with Crippen molar-refractivity contribution in [3.8, 4) is 17.2 Å². The van der Waals surface area contributed by atoms with Gasteiger partial charge in [0.05, 0.1) is 27.8 Å². The van der Waals surface area contributed by atoms with Crippen molar-refractivity contribution in [2.45, 2.75) is 19.9 Å². The Morgan fingerprint density at radius 2 is 1.62 bits per heavy atom. The molecule has 0 spiro atoms. The standard InChI is InChI=1S/C23H30N2O4/c1-17-5-6-18(13-22(17)29-4)14-23(26)25-11-9-24(10-12-25)16-19-15-20(27-2)7-8-21(19)28-3/h5-8,13,15H,9-12,14,16H2,1-4H3. The summed E-state index contributed by atoms with van der Waals surface area (Å²) in [5.41, 5.74) is 3.16. The first-order chi connectivity index (χ1) is 14.0. The van der Waals surface area contributed by atoms with Crippen molar-refractivity contribution in [1.82, 2.24) is 9.80 Å². The summed E-state index contributed by atoms with van der Waals surface area (Å²) in [4.78, 5) is 17.0. The maximum Gasteiger partial charge on any atom is 0.227 e. The molecule has 2 aromatic rings. The topological polar surface area (TPSA) is 51.2 Å². The number of piperazine rings is 1. The first kappa shape index (κ1) is 21.0. The van der Waals surface area contributed by atoms with Crippen molar-refractivity contribution in [2.24, 2.45) is 0 Å². The smallest absolute Gasteiger partial charge is 0.227 e. The summed E-state index contributed by atoms with van der Waals surface area (Å²) in [6.45, 7) is 5.91. The van der Waals surface area contributed by atoms with E-state index in [-0.39, 0.29) is 5.91 Å². The molecule has 1 heterocycles. The molecule has 1 aliphatic heterocycles. The molecule has 0 bridgehead atoms. The van der Waals surface area contributed by atoms with Gasteiger partial charge in [-0.05, 0) is 42.3 Å². The molecular formula is C23H30N2O4. The van der Waals surface area contributed by atoms with Gasteiger partial charge in [0.2, 0.25) is 5.91 Å². The van der Waals surface area contributed by atoms with E-state index < -0.39 is 0 Å². The number of nitrogens with zero attached hydrogens (tertiary/aromatic N) is 2. The molecule has 156 valence electrons. The zero-order valence-corrected chi connectivity index (χ0v) is 17.7. The van der Waals surface area contributed by atoms with Crippen LogP contribution in [0, 0.1) is 6.92 Å². The van der Waals surface area contributed by atoms with Crippen molar-refractivity contribution >= 4 is 5.91 Å². The molecule has 0 aliphatic carbocycles. The molecule has 1 fully saturated rings. The Balaban J connectivity index is 1.56. The van der Waals surface area contributed by atoms with Gasteiger partial charge in [-0.25, -0.2) is 0 Å². The molecule has 29 heavy (non-hydrogen) atoms. The van der Waals surface area contributed by atoms with Gasteiger partial charge in [0, 0.05) is 38.3 Å². The number of methoxy groups -OCH3 is 3. The van der Waals surface area contributed by atoms with Crippen LogP contribution in [0.4, 0.5) is 0 Å². The van der Waals surface area contributed by atoms with Crippen LogP contribution in [-0.4, -0.2) is 63.2 Å².